The number of hydrogen-bond donors (Lipinski definition) is 0. The number of rotatable bonds is 5. The fourth-order valence-corrected chi connectivity index (χ4v) is 3.30. The third kappa shape index (κ3) is 4.69. The summed E-state index contributed by atoms with van der Waals surface area (Å²) in [7, 11) is 0. The van der Waals surface area contributed by atoms with Crippen molar-refractivity contribution in [2.75, 3.05) is 6.61 Å². The minimum absolute atomic E-state index is 0.101. The van der Waals surface area contributed by atoms with Crippen molar-refractivity contribution in [3.05, 3.63) is 71.9 Å². The molecule has 0 spiro atoms. The maximum Gasteiger partial charge on any atom is 0.416 e. The molecule has 144 valence electrons. The van der Waals surface area contributed by atoms with Crippen LogP contribution in [-0.2, 0) is 10.9 Å². The Morgan fingerprint density at radius 3 is 2.54 bits per heavy atom. The lowest BCUT2D eigenvalue weighted by atomic mass is 10.2. The predicted molar refractivity (Wildman–Crippen MR) is 99.0 cm³/mol. The molecular weight excluding hydrogens is 389 g/mol. The van der Waals surface area contributed by atoms with Crippen LogP contribution in [0.4, 0.5) is 13.2 Å². The lowest BCUT2D eigenvalue weighted by Gasteiger charge is -2.11. The lowest BCUT2D eigenvalue weighted by molar-refractivity contribution is -0.137. The Morgan fingerprint density at radius 2 is 1.86 bits per heavy atom. The molecule has 0 atom stereocenters. The largest absolute Gasteiger partial charge is 0.462 e. The molecule has 2 aromatic carbocycles. The van der Waals surface area contributed by atoms with E-state index in [0.29, 0.717) is 10.7 Å². The van der Waals surface area contributed by atoms with E-state index in [4.69, 9.17) is 4.74 Å². The van der Waals surface area contributed by atoms with E-state index in [2.05, 4.69) is 9.97 Å². The Bertz CT molecular complexity index is 979. The van der Waals surface area contributed by atoms with E-state index >= 15 is 0 Å². The van der Waals surface area contributed by atoms with Gasteiger partial charge in [-0.05, 0) is 25.1 Å². The number of alkyl halides is 3. The summed E-state index contributed by atoms with van der Waals surface area (Å²) in [6.45, 7) is 1.82. The van der Waals surface area contributed by atoms with Gasteiger partial charge in [-0.15, -0.1) is 0 Å². The number of esters is 1. The van der Waals surface area contributed by atoms with Gasteiger partial charge in [0, 0.05) is 16.7 Å². The second-order valence-corrected chi connectivity index (χ2v) is 6.69. The number of carbonyl (C=O) groups excluding carboxylic acids is 1. The molecule has 0 amide bonds. The Morgan fingerprint density at radius 1 is 1.11 bits per heavy atom. The molecular formula is C20H15F3N2O2S. The van der Waals surface area contributed by atoms with Crippen LogP contribution in [0.1, 0.15) is 22.8 Å². The fourth-order valence-electron chi connectivity index (χ4n) is 2.37. The third-order valence-corrected chi connectivity index (χ3v) is 4.65. The van der Waals surface area contributed by atoms with E-state index in [9.17, 15) is 18.0 Å². The molecule has 3 rings (SSSR count). The summed E-state index contributed by atoms with van der Waals surface area (Å²) in [6.07, 6.45) is -3.12. The first-order chi connectivity index (χ1) is 13.4. The molecule has 8 heteroatoms. The minimum Gasteiger partial charge on any atom is -0.462 e. The summed E-state index contributed by atoms with van der Waals surface area (Å²) in [4.78, 5) is 21.1. The molecule has 4 nitrogen and oxygen atoms in total. The highest BCUT2D eigenvalue weighted by molar-refractivity contribution is 7.99. The highest BCUT2D eigenvalue weighted by Gasteiger charge is 2.30. The SMILES string of the molecule is CCOC(=O)c1cnc(-c2ccccc2)nc1Sc1cccc(C(F)(F)F)c1. The van der Waals surface area contributed by atoms with E-state index in [1.54, 1.807) is 19.1 Å². The summed E-state index contributed by atoms with van der Waals surface area (Å²) in [5, 5.41) is 0.228. The van der Waals surface area contributed by atoms with Gasteiger partial charge in [-0.2, -0.15) is 13.2 Å². The molecule has 28 heavy (non-hydrogen) atoms. The highest BCUT2D eigenvalue weighted by Crippen LogP contribution is 2.35. The monoisotopic (exact) mass is 404 g/mol. The normalized spacial score (nSPS) is 11.3. The molecule has 1 aromatic heterocycles. The summed E-state index contributed by atoms with van der Waals surface area (Å²) in [5.74, 6) is -0.264. The van der Waals surface area contributed by atoms with Crippen LogP contribution in [0.25, 0.3) is 11.4 Å². The second kappa shape index (κ2) is 8.43. The molecule has 0 saturated heterocycles. The summed E-state index contributed by atoms with van der Waals surface area (Å²) in [5.41, 5.74) is 0.0558. The van der Waals surface area contributed by atoms with E-state index in [1.165, 1.54) is 18.3 Å². The number of carbonyl (C=O) groups is 1. The van der Waals surface area contributed by atoms with Gasteiger partial charge in [0.15, 0.2) is 5.82 Å². The van der Waals surface area contributed by atoms with Crippen molar-refractivity contribution in [3.8, 4) is 11.4 Å². The fraction of sp³-hybridized carbons (Fsp3) is 0.150. The van der Waals surface area contributed by atoms with E-state index in [1.807, 2.05) is 18.2 Å². The van der Waals surface area contributed by atoms with Gasteiger partial charge in [-0.1, -0.05) is 48.2 Å². The molecule has 0 saturated carbocycles. The molecule has 0 N–H and O–H groups in total. The quantitative estimate of drug-likeness (QED) is 0.416. The summed E-state index contributed by atoms with van der Waals surface area (Å²) in [6, 6.07) is 13.9. The van der Waals surface area contributed by atoms with Gasteiger partial charge in [0.1, 0.15) is 10.6 Å². The van der Waals surface area contributed by atoms with Crippen LogP contribution < -0.4 is 0 Å². The van der Waals surface area contributed by atoms with Gasteiger partial charge in [-0.25, -0.2) is 14.8 Å². The van der Waals surface area contributed by atoms with Crippen LogP contribution in [0.3, 0.4) is 0 Å². The van der Waals surface area contributed by atoms with E-state index in [-0.39, 0.29) is 17.2 Å². The predicted octanol–water partition coefficient (Wildman–Crippen LogP) is 5.49. The molecule has 0 radical (unpaired) electrons. The van der Waals surface area contributed by atoms with Crippen molar-refractivity contribution >= 4 is 17.7 Å². The van der Waals surface area contributed by atoms with Gasteiger partial charge >= 0.3 is 12.1 Å². The number of ether oxygens (including phenoxy) is 1. The molecule has 0 fully saturated rings. The zero-order valence-electron chi connectivity index (χ0n) is 14.7. The molecule has 0 aliphatic rings. The highest BCUT2D eigenvalue weighted by atomic mass is 32.2. The molecule has 1 heterocycles. The average molecular weight is 404 g/mol. The number of aromatic nitrogens is 2. The van der Waals surface area contributed by atoms with E-state index < -0.39 is 17.7 Å². The Kier molecular flexibility index (Phi) is 5.99. The van der Waals surface area contributed by atoms with Crippen LogP contribution in [0.15, 0.2) is 70.7 Å². The first-order valence-corrected chi connectivity index (χ1v) is 9.15. The maximum absolute atomic E-state index is 13.0. The number of nitrogens with zero attached hydrogens (tertiary/aromatic N) is 2. The standard InChI is InChI=1S/C20H15F3N2O2S/c1-2-27-19(26)16-12-24-17(13-7-4-3-5-8-13)25-18(16)28-15-10-6-9-14(11-15)20(21,22)23/h3-12H,2H2,1H3. The molecule has 0 unspecified atom stereocenters. The third-order valence-electron chi connectivity index (χ3n) is 3.66. The van der Waals surface area contributed by atoms with Gasteiger partial charge in [0.25, 0.3) is 0 Å². The number of halogens is 3. The van der Waals surface area contributed by atoms with Crippen molar-refractivity contribution in [1.29, 1.82) is 0 Å². The topological polar surface area (TPSA) is 52.1 Å². The van der Waals surface area contributed by atoms with Crippen molar-refractivity contribution in [3.63, 3.8) is 0 Å². The van der Waals surface area contributed by atoms with Crippen LogP contribution in [-0.4, -0.2) is 22.5 Å². The van der Waals surface area contributed by atoms with Crippen molar-refractivity contribution in [2.24, 2.45) is 0 Å². The van der Waals surface area contributed by atoms with Gasteiger partial charge in [0.05, 0.1) is 12.2 Å². The molecule has 0 aliphatic heterocycles. The van der Waals surface area contributed by atoms with Gasteiger partial charge < -0.3 is 4.74 Å². The zero-order valence-corrected chi connectivity index (χ0v) is 15.6. The lowest BCUT2D eigenvalue weighted by Crippen LogP contribution is -2.09. The Hall–Kier alpha value is -2.87. The number of hydrogen-bond acceptors (Lipinski definition) is 5. The summed E-state index contributed by atoms with van der Waals surface area (Å²) < 4.78 is 44.0. The maximum atomic E-state index is 13.0. The van der Waals surface area contributed by atoms with Crippen molar-refractivity contribution in [2.45, 2.75) is 23.0 Å². The summed E-state index contributed by atoms with van der Waals surface area (Å²) >= 11 is 0.956. The Balaban J connectivity index is 2.02. The molecule has 0 bridgehead atoms. The van der Waals surface area contributed by atoms with Crippen LogP contribution in [0.5, 0.6) is 0 Å². The minimum atomic E-state index is -4.46. The van der Waals surface area contributed by atoms with Gasteiger partial charge in [0.2, 0.25) is 0 Å². The molecule has 0 aliphatic carbocycles. The smallest absolute Gasteiger partial charge is 0.416 e. The van der Waals surface area contributed by atoms with E-state index in [0.717, 1.165) is 29.5 Å². The second-order valence-electron chi connectivity index (χ2n) is 5.63. The first-order valence-electron chi connectivity index (χ1n) is 8.33. The van der Waals surface area contributed by atoms with Gasteiger partial charge in [-0.3, -0.25) is 0 Å². The first kappa shape index (κ1) is 19.9. The number of benzene rings is 2. The van der Waals surface area contributed by atoms with Crippen LogP contribution in [0.2, 0.25) is 0 Å². The van der Waals surface area contributed by atoms with Crippen molar-refractivity contribution in [1.82, 2.24) is 9.97 Å². The van der Waals surface area contributed by atoms with Crippen LogP contribution >= 0.6 is 11.8 Å². The zero-order chi connectivity index (χ0) is 20.1. The molecule has 3 aromatic rings. The average Bonchev–Trinajstić information content (AvgIpc) is 2.68. The Labute approximate surface area is 163 Å². The van der Waals surface area contributed by atoms with Crippen molar-refractivity contribution < 1.29 is 22.7 Å². The van der Waals surface area contributed by atoms with Crippen LogP contribution in [0, 0.1) is 0 Å².